The molecule has 0 fully saturated rings. The van der Waals surface area contributed by atoms with Gasteiger partial charge in [-0.1, -0.05) is 48.5 Å². The van der Waals surface area contributed by atoms with Crippen LogP contribution < -0.4 is 11.1 Å². The van der Waals surface area contributed by atoms with E-state index >= 15 is 0 Å². The fourth-order valence-corrected chi connectivity index (χ4v) is 2.14. The zero-order chi connectivity index (χ0) is 15.1. The summed E-state index contributed by atoms with van der Waals surface area (Å²) in [5.41, 5.74) is 8.73. The van der Waals surface area contributed by atoms with Gasteiger partial charge in [0.1, 0.15) is 0 Å². The number of amides is 1. The van der Waals surface area contributed by atoms with Crippen LogP contribution in [-0.4, -0.2) is 13.0 Å². The number of nitrogens with one attached hydrogen (secondary N) is 1. The highest BCUT2D eigenvalue weighted by molar-refractivity contribution is 5.91. The SMILES string of the molecule is COCc1ccccc1NC(=O)CC(N)c1ccccc1. The first-order valence-corrected chi connectivity index (χ1v) is 6.88. The first-order chi connectivity index (χ1) is 10.2. The molecule has 1 amide bonds. The van der Waals surface area contributed by atoms with E-state index in [2.05, 4.69) is 5.32 Å². The van der Waals surface area contributed by atoms with E-state index in [0.29, 0.717) is 6.61 Å². The molecule has 4 heteroatoms. The number of nitrogens with two attached hydrogens (primary N) is 1. The molecule has 3 N–H and O–H groups in total. The Bertz CT molecular complexity index is 584. The van der Waals surface area contributed by atoms with Gasteiger partial charge in [-0.2, -0.15) is 0 Å². The monoisotopic (exact) mass is 284 g/mol. The predicted octanol–water partition coefficient (Wildman–Crippen LogP) is 2.86. The molecule has 0 aliphatic carbocycles. The third kappa shape index (κ3) is 4.41. The summed E-state index contributed by atoms with van der Waals surface area (Å²) in [6.07, 6.45) is 0.241. The van der Waals surface area contributed by atoms with Crippen LogP contribution in [0.5, 0.6) is 0 Å². The highest BCUT2D eigenvalue weighted by atomic mass is 16.5. The van der Waals surface area contributed by atoms with Gasteiger partial charge in [0.05, 0.1) is 6.61 Å². The van der Waals surface area contributed by atoms with Crippen LogP contribution in [0.15, 0.2) is 54.6 Å². The summed E-state index contributed by atoms with van der Waals surface area (Å²) in [4.78, 5) is 12.1. The lowest BCUT2D eigenvalue weighted by atomic mass is 10.0. The molecule has 1 atom stereocenters. The van der Waals surface area contributed by atoms with Gasteiger partial charge in [0.25, 0.3) is 0 Å². The zero-order valence-corrected chi connectivity index (χ0v) is 12.1. The topological polar surface area (TPSA) is 64.3 Å². The lowest BCUT2D eigenvalue weighted by Gasteiger charge is -2.14. The molecule has 2 rings (SSSR count). The molecule has 21 heavy (non-hydrogen) atoms. The molecular formula is C17H20N2O2. The van der Waals surface area contributed by atoms with Crippen molar-refractivity contribution in [2.24, 2.45) is 5.73 Å². The summed E-state index contributed by atoms with van der Waals surface area (Å²) < 4.78 is 5.12. The number of carbonyl (C=O) groups excluding carboxylic acids is 1. The minimum absolute atomic E-state index is 0.102. The molecule has 0 saturated heterocycles. The number of para-hydroxylation sites is 1. The van der Waals surface area contributed by atoms with Gasteiger partial charge in [0.15, 0.2) is 0 Å². The van der Waals surface area contributed by atoms with Crippen molar-refractivity contribution in [1.82, 2.24) is 0 Å². The number of rotatable bonds is 6. The number of methoxy groups -OCH3 is 1. The van der Waals surface area contributed by atoms with E-state index in [-0.39, 0.29) is 18.4 Å². The number of benzene rings is 2. The molecule has 2 aromatic rings. The van der Waals surface area contributed by atoms with E-state index in [1.807, 2.05) is 54.6 Å². The number of anilines is 1. The molecule has 0 radical (unpaired) electrons. The molecule has 1 unspecified atom stereocenters. The standard InChI is InChI=1S/C17H20N2O2/c1-21-12-14-9-5-6-10-16(14)19-17(20)11-15(18)13-7-3-2-4-8-13/h2-10,15H,11-12,18H2,1H3,(H,19,20). The Labute approximate surface area is 124 Å². The molecular weight excluding hydrogens is 264 g/mol. The van der Waals surface area contributed by atoms with Crippen LogP contribution >= 0.6 is 0 Å². The maximum Gasteiger partial charge on any atom is 0.226 e. The second-order valence-corrected chi connectivity index (χ2v) is 4.86. The summed E-state index contributed by atoms with van der Waals surface area (Å²) in [5.74, 6) is -0.102. The third-order valence-corrected chi connectivity index (χ3v) is 3.22. The van der Waals surface area contributed by atoms with Gasteiger partial charge < -0.3 is 15.8 Å². The first-order valence-electron chi connectivity index (χ1n) is 6.88. The van der Waals surface area contributed by atoms with Crippen LogP contribution in [0.4, 0.5) is 5.69 Å². The average Bonchev–Trinajstić information content (AvgIpc) is 2.50. The maximum absolute atomic E-state index is 12.1. The Balaban J connectivity index is 1.99. The number of hydrogen-bond acceptors (Lipinski definition) is 3. The van der Waals surface area contributed by atoms with Crippen molar-refractivity contribution in [1.29, 1.82) is 0 Å². The van der Waals surface area contributed by atoms with Gasteiger partial charge >= 0.3 is 0 Å². The Hall–Kier alpha value is -2.17. The van der Waals surface area contributed by atoms with Crippen molar-refractivity contribution in [2.45, 2.75) is 19.1 Å². The van der Waals surface area contributed by atoms with Gasteiger partial charge in [-0.25, -0.2) is 0 Å². The van der Waals surface area contributed by atoms with Crippen molar-refractivity contribution in [2.75, 3.05) is 12.4 Å². The van der Waals surface area contributed by atoms with Gasteiger partial charge in [-0.05, 0) is 11.6 Å². The highest BCUT2D eigenvalue weighted by Crippen LogP contribution is 2.18. The zero-order valence-electron chi connectivity index (χ0n) is 12.1. The molecule has 0 aliphatic rings. The van der Waals surface area contributed by atoms with Crippen molar-refractivity contribution in [3.8, 4) is 0 Å². The second kappa shape index (κ2) is 7.57. The Morgan fingerprint density at radius 2 is 1.81 bits per heavy atom. The van der Waals surface area contributed by atoms with Gasteiger partial charge in [0.2, 0.25) is 5.91 Å². The van der Waals surface area contributed by atoms with E-state index in [0.717, 1.165) is 16.8 Å². The maximum atomic E-state index is 12.1. The quantitative estimate of drug-likeness (QED) is 0.857. The molecule has 2 aromatic carbocycles. The molecule has 0 aliphatic heterocycles. The van der Waals surface area contributed by atoms with Crippen molar-refractivity contribution >= 4 is 11.6 Å². The summed E-state index contributed by atoms with van der Waals surface area (Å²) in [6, 6.07) is 16.9. The molecule has 4 nitrogen and oxygen atoms in total. The van der Waals surface area contributed by atoms with Crippen LogP contribution in [0.2, 0.25) is 0 Å². The molecule has 0 aromatic heterocycles. The fourth-order valence-electron chi connectivity index (χ4n) is 2.14. The van der Waals surface area contributed by atoms with E-state index in [1.165, 1.54) is 0 Å². The van der Waals surface area contributed by atoms with Crippen LogP contribution in [0.25, 0.3) is 0 Å². The van der Waals surface area contributed by atoms with E-state index < -0.39 is 0 Å². The Kier molecular flexibility index (Phi) is 5.49. The minimum atomic E-state index is -0.305. The molecule has 110 valence electrons. The number of carbonyl (C=O) groups is 1. The number of hydrogen-bond donors (Lipinski definition) is 2. The highest BCUT2D eigenvalue weighted by Gasteiger charge is 2.12. The van der Waals surface area contributed by atoms with Crippen molar-refractivity contribution in [3.63, 3.8) is 0 Å². The van der Waals surface area contributed by atoms with Crippen LogP contribution in [-0.2, 0) is 16.1 Å². The summed E-state index contributed by atoms with van der Waals surface area (Å²) >= 11 is 0. The molecule has 0 spiro atoms. The van der Waals surface area contributed by atoms with Crippen LogP contribution in [0.3, 0.4) is 0 Å². The van der Waals surface area contributed by atoms with E-state index in [9.17, 15) is 4.79 Å². The second-order valence-electron chi connectivity index (χ2n) is 4.86. The van der Waals surface area contributed by atoms with E-state index in [1.54, 1.807) is 7.11 Å². The number of ether oxygens (including phenoxy) is 1. The van der Waals surface area contributed by atoms with Crippen LogP contribution in [0, 0.1) is 0 Å². The summed E-state index contributed by atoms with van der Waals surface area (Å²) in [6.45, 7) is 0.460. The van der Waals surface area contributed by atoms with Crippen molar-refractivity contribution in [3.05, 3.63) is 65.7 Å². The normalized spacial score (nSPS) is 11.9. The van der Waals surface area contributed by atoms with E-state index in [4.69, 9.17) is 10.5 Å². The lowest BCUT2D eigenvalue weighted by molar-refractivity contribution is -0.116. The smallest absolute Gasteiger partial charge is 0.226 e. The fraction of sp³-hybridized carbons (Fsp3) is 0.235. The van der Waals surface area contributed by atoms with Gasteiger partial charge in [-0.15, -0.1) is 0 Å². The van der Waals surface area contributed by atoms with Gasteiger partial charge in [-0.3, -0.25) is 4.79 Å². The largest absolute Gasteiger partial charge is 0.380 e. The molecule has 0 saturated carbocycles. The minimum Gasteiger partial charge on any atom is -0.380 e. The Morgan fingerprint density at radius 1 is 1.14 bits per heavy atom. The lowest BCUT2D eigenvalue weighted by Crippen LogP contribution is -2.21. The molecule has 0 heterocycles. The molecule has 0 bridgehead atoms. The van der Waals surface area contributed by atoms with Crippen LogP contribution in [0.1, 0.15) is 23.6 Å². The third-order valence-electron chi connectivity index (χ3n) is 3.22. The predicted molar refractivity (Wildman–Crippen MR) is 83.8 cm³/mol. The average molecular weight is 284 g/mol. The summed E-state index contributed by atoms with van der Waals surface area (Å²) in [7, 11) is 1.63. The van der Waals surface area contributed by atoms with Crippen molar-refractivity contribution < 1.29 is 9.53 Å². The first kappa shape index (κ1) is 15.2. The summed E-state index contributed by atoms with van der Waals surface area (Å²) in [5, 5.41) is 2.90. The van der Waals surface area contributed by atoms with Gasteiger partial charge in [0, 0.05) is 30.8 Å². The Morgan fingerprint density at radius 3 is 2.52 bits per heavy atom.